The quantitative estimate of drug-likeness (QED) is 0.232. The number of rotatable bonds is 8. The van der Waals surface area contributed by atoms with E-state index in [9.17, 15) is 18.0 Å². The van der Waals surface area contributed by atoms with Crippen LogP contribution in [0.25, 0.3) is 5.82 Å². The fraction of sp³-hybridized carbons (Fsp3) is 0.310. The molecule has 0 radical (unpaired) electrons. The Hall–Kier alpha value is -4.65. The maximum Gasteiger partial charge on any atom is 0.416 e. The van der Waals surface area contributed by atoms with E-state index in [1.165, 1.54) is 12.4 Å². The normalized spacial score (nSPS) is 15.4. The van der Waals surface area contributed by atoms with Gasteiger partial charge in [0.2, 0.25) is 5.95 Å². The number of halogens is 3. The van der Waals surface area contributed by atoms with Crippen LogP contribution in [0.15, 0.2) is 61.2 Å². The Kier molecular flexibility index (Phi) is 7.42. The molecule has 1 amide bonds. The lowest BCUT2D eigenvalue weighted by molar-refractivity contribution is -0.137. The maximum atomic E-state index is 13.7. The third kappa shape index (κ3) is 6.30. The number of anilines is 5. The van der Waals surface area contributed by atoms with Crippen molar-refractivity contribution in [2.24, 2.45) is 0 Å². The Morgan fingerprint density at radius 1 is 1.02 bits per heavy atom. The molecule has 0 unspecified atom stereocenters. The minimum absolute atomic E-state index is 0.0663. The van der Waals surface area contributed by atoms with E-state index in [1.54, 1.807) is 29.1 Å². The number of carbonyl (C=O) groups is 1. The Morgan fingerprint density at radius 3 is 2.60 bits per heavy atom. The van der Waals surface area contributed by atoms with Gasteiger partial charge in [-0.2, -0.15) is 13.2 Å². The smallest absolute Gasteiger partial charge is 0.369 e. The van der Waals surface area contributed by atoms with Gasteiger partial charge in [0.25, 0.3) is 5.91 Å². The van der Waals surface area contributed by atoms with Crippen LogP contribution in [0.3, 0.4) is 0 Å². The van der Waals surface area contributed by atoms with Gasteiger partial charge in [-0.3, -0.25) is 9.36 Å². The van der Waals surface area contributed by atoms with Crippen LogP contribution in [0, 0.1) is 6.92 Å². The Balaban J connectivity index is 1.22. The maximum absolute atomic E-state index is 13.7. The van der Waals surface area contributed by atoms with Crippen molar-refractivity contribution < 1.29 is 18.0 Å². The number of piperazine rings is 1. The highest BCUT2D eigenvalue weighted by Gasteiger charge is 2.32. The van der Waals surface area contributed by atoms with Crippen molar-refractivity contribution in [3.8, 4) is 5.82 Å². The van der Waals surface area contributed by atoms with Crippen molar-refractivity contribution in [2.45, 2.75) is 32.0 Å². The molecule has 4 N–H and O–H groups in total. The molecule has 0 bridgehead atoms. The molecule has 1 aliphatic heterocycles. The zero-order chi connectivity index (χ0) is 29.3. The Morgan fingerprint density at radius 2 is 1.83 bits per heavy atom. The summed E-state index contributed by atoms with van der Waals surface area (Å²) in [5.41, 5.74) is 1.41. The second kappa shape index (κ2) is 11.3. The lowest BCUT2D eigenvalue weighted by Crippen LogP contribution is -2.43. The van der Waals surface area contributed by atoms with E-state index >= 15 is 0 Å². The van der Waals surface area contributed by atoms with Crippen LogP contribution in [-0.4, -0.2) is 57.6 Å². The SMILES string of the molecule is Cc1ccc(NC(=O)c2cc(N3CCNCC3)cc(C(F)(F)F)c2)cc1Nc1nccn1-c1cc(NC2CC2)ncn1. The van der Waals surface area contributed by atoms with Gasteiger partial charge in [0.05, 0.1) is 5.56 Å². The fourth-order valence-corrected chi connectivity index (χ4v) is 4.74. The first-order valence-corrected chi connectivity index (χ1v) is 13.7. The lowest BCUT2D eigenvalue weighted by atomic mass is 10.1. The summed E-state index contributed by atoms with van der Waals surface area (Å²) in [6.45, 7) is 4.32. The fourth-order valence-electron chi connectivity index (χ4n) is 4.74. The molecule has 10 nitrogen and oxygen atoms in total. The molecule has 2 aromatic heterocycles. The molecule has 13 heteroatoms. The minimum Gasteiger partial charge on any atom is -0.369 e. The average molecular weight is 578 g/mol. The van der Waals surface area contributed by atoms with Gasteiger partial charge in [-0.25, -0.2) is 15.0 Å². The molecule has 1 saturated carbocycles. The Labute approximate surface area is 240 Å². The molecular formula is C29H30F3N9O. The molecule has 1 saturated heterocycles. The Bertz CT molecular complexity index is 1590. The molecule has 42 heavy (non-hydrogen) atoms. The summed E-state index contributed by atoms with van der Waals surface area (Å²) < 4.78 is 43.0. The summed E-state index contributed by atoms with van der Waals surface area (Å²) in [6.07, 6.45) is 2.56. The van der Waals surface area contributed by atoms with Gasteiger partial charge >= 0.3 is 6.18 Å². The zero-order valence-electron chi connectivity index (χ0n) is 22.9. The standard InChI is InChI=1S/C29H30F3N9O/c1-18-2-3-22(38-27(42)19-12-20(29(30,31)32)14-23(13-19)40-9-6-33-7-10-40)15-24(18)39-28-34-8-11-41(28)26-16-25(35-17-36-26)37-21-4-5-21/h2-3,8,11-17,21,33H,4-7,9-10H2,1H3,(H,34,39)(H,38,42)(H,35,36,37). The predicted molar refractivity (Wildman–Crippen MR) is 155 cm³/mol. The first-order valence-electron chi connectivity index (χ1n) is 13.7. The van der Waals surface area contributed by atoms with Crippen LogP contribution >= 0.6 is 0 Å². The van der Waals surface area contributed by atoms with Gasteiger partial charge in [-0.05, 0) is 55.7 Å². The second-order valence-corrected chi connectivity index (χ2v) is 10.4. The number of aryl methyl sites for hydroxylation is 1. The van der Waals surface area contributed by atoms with Gasteiger partial charge in [-0.15, -0.1) is 0 Å². The molecule has 2 aromatic carbocycles. The molecular weight excluding hydrogens is 547 g/mol. The number of amides is 1. The summed E-state index contributed by atoms with van der Waals surface area (Å²) >= 11 is 0. The number of imidazole rings is 1. The first-order chi connectivity index (χ1) is 20.2. The van der Waals surface area contributed by atoms with E-state index in [4.69, 9.17) is 0 Å². The number of carbonyl (C=O) groups excluding carboxylic acids is 1. The highest BCUT2D eigenvalue weighted by molar-refractivity contribution is 6.05. The minimum atomic E-state index is -4.58. The van der Waals surface area contributed by atoms with Crippen molar-refractivity contribution in [3.63, 3.8) is 0 Å². The number of hydrogen-bond donors (Lipinski definition) is 4. The number of alkyl halides is 3. The first kappa shape index (κ1) is 27.5. The molecule has 6 rings (SSSR count). The van der Waals surface area contributed by atoms with E-state index in [2.05, 4.69) is 36.2 Å². The van der Waals surface area contributed by atoms with Crippen LogP contribution < -0.4 is 26.2 Å². The summed E-state index contributed by atoms with van der Waals surface area (Å²) in [5.74, 6) is 1.22. The number of aromatic nitrogens is 4. The number of benzene rings is 2. The molecule has 3 heterocycles. The van der Waals surface area contributed by atoms with Crippen LogP contribution in [0.1, 0.15) is 34.3 Å². The third-order valence-corrected chi connectivity index (χ3v) is 7.20. The average Bonchev–Trinajstić information content (AvgIpc) is 3.68. The summed E-state index contributed by atoms with van der Waals surface area (Å²) in [5, 5.41) is 12.6. The van der Waals surface area contributed by atoms with E-state index in [1.807, 2.05) is 24.0 Å². The zero-order valence-corrected chi connectivity index (χ0v) is 22.9. The van der Waals surface area contributed by atoms with Crippen molar-refractivity contribution in [2.75, 3.05) is 47.0 Å². The second-order valence-electron chi connectivity index (χ2n) is 10.4. The number of nitrogens with zero attached hydrogens (tertiary/aromatic N) is 5. The molecule has 2 aliphatic rings. The van der Waals surface area contributed by atoms with Gasteiger partial charge in [-0.1, -0.05) is 6.07 Å². The van der Waals surface area contributed by atoms with E-state index in [-0.39, 0.29) is 5.56 Å². The highest BCUT2D eigenvalue weighted by Crippen LogP contribution is 2.34. The summed E-state index contributed by atoms with van der Waals surface area (Å²) in [6, 6.07) is 11.0. The van der Waals surface area contributed by atoms with Crippen molar-refractivity contribution in [3.05, 3.63) is 77.9 Å². The number of nitrogens with one attached hydrogen (secondary N) is 4. The molecule has 0 spiro atoms. The van der Waals surface area contributed by atoms with Crippen molar-refractivity contribution in [1.82, 2.24) is 24.8 Å². The van der Waals surface area contributed by atoms with E-state index < -0.39 is 17.6 Å². The van der Waals surface area contributed by atoms with Gasteiger partial charge in [0.15, 0.2) is 0 Å². The third-order valence-electron chi connectivity index (χ3n) is 7.20. The molecule has 0 atom stereocenters. The van der Waals surface area contributed by atoms with E-state index in [0.717, 1.165) is 36.4 Å². The topological polar surface area (TPSA) is 112 Å². The van der Waals surface area contributed by atoms with Crippen LogP contribution in [-0.2, 0) is 6.18 Å². The van der Waals surface area contributed by atoms with Gasteiger partial charge in [0.1, 0.15) is 18.0 Å². The molecule has 2 fully saturated rings. The molecule has 218 valence electrons. The van der Waals surface area contributed by atoms with Crippen LogP contribution in [0.4, 0.5) is 42.0 Å². The highest BCUT2D eigenvalue weighted by atomic mass is 19.4. The molecule has 1 aliphatic carbocycles. The van der Waals surface area contributed by atoms with Gasteiger partial charge in [0, 0.05) is 73.3 Å². The summed E-state index contributed by atoms with van der Waals surface area (Å²) in [4.78, 5) is 28.2. The van der Waals surface area contributed by atoms with Gasteiger partial charge < -0.3 is 26.2 Å². The van der Waals surface area contributed by atoms with Crippen LogP contribution in [0.2, 0.25) is 0 Å². The number of hydrogen-bond acceptors (Lipinski definition) is 8. The van der Waals surface area contributed by atoms with Crippen molar-refractivity contribution in [1.29, 1.82) is 0 Å². The van der Waals surface area contributed by atoms with E-state index in [0.29, 0.717) is 61.0 Å². The monoisotopic (exact) mass is 577 g/mol. The predicted octanol–water partition coefficient (Wildman–Crippen LogP) is 4.97. The van der Waals surface area contributed by atoms with Crippen molar-refractivity contribution >= 4 is 34.7 Å². The summed E-state index contributed by atoms with van der Waals surface area (Å²) in [7, 11) is 0. The largest absolute Gasteiger partial charge is 0.416 e. The van der Waals surface area contributed by atoms with Crippen LogP contribution in [0.5, 0.6) is 0 Å². The molecule has 4 aromatic rings. The lowest BCUT2D eigenvalue weighted by Gasteiger charge is -2.30.